The minimum Gasteiger partial charge on any atom is -0.376 e. The highest BCUT2D eigenvalue weighted by Gasteiger charge is 2.23. The molecule has 126 valence electrons. The van der Waals surface area contributed by atoms with Gasteiger partial charge in [-0.3, -0.25) is 4.79 Å². The monoisotopic (exact) mass is 318 g/mol. The predicted octanol–water partition coefficient (Wildman–Crippen LogP) is 1.40. The summed E-state index contributed by atoms with van der Waals surface area (Å²) in [6.07, 6.45) is 1.95. The molecule has 5 heteroatoms. The lowest BCUT2D eigenvalue weighted by Crippen LogP contribution is -2.45. The molecule has 2 heterocycles. The SMILES string of the molecule is O=C(NCCN1CCC(c2ccccc2)CC1)[C@@H]1COCCO1. The fourth-order valence-corrected chi connectivity index (χ4v) is 3.31. The number of ether oxygens (including phenoxy) is 2. The zero-order valence-corrected chi connectivity index (χ0v) is 13.6. The molecule has 1 atom stereocenters. The van der Waals surface area contributed by atoms with Crippen LogP contribution in [-0.2, 0) is 14.3 Å². The van der Waals surface area contributed by atoms with E-state index in [1.54, 1.807) is 0 Å². The molecule has 1 aromatic rings. The molecule has 2 aliphatic rings. The summed E-state index contributed by atoms with van der Waals surface area (Å²) in [5.41, 5.74) is 1.45. The number of nitrogens with one attached hydrogen (secondary N) is 1. The molecule has 0 saturated carbocycles. The van der Waals surface area contributed by atoms with Crippen molar-refractivity contribution in [3.8, 4) is 0 Å². The average Bonchev–Trinajstić information content (AvgIpc) is 2.64. The normalized spacial score (nSPS) is 23.6. The average molecular weight is 318 g/mol. The second kappa shape index (κ2) is 8.43. The van der Waals surface area contributed by atoms with Gasteiger partial charge in [0.25, 0.3) is 5.91 Å². The number of hydrogen-bond acceptors (Lipinski definition) is 4. The first-order chi connectivity index (χ1) is 11.3. The van der Waals surface area contributed by atoms with Gasteiger partial charge in [-0.1, -0.05) is 30.3 Å². The van der Waals surface area contributed by atoms with Crippen LogP contribution >= 0.6 is 0 Å². The molecule has 23 heavy (non-hydrogen) atoms. The van der Waals surface area contributed by atoms with Crippen molar-refractivity contribution >= 4 is 5.91 Å². The van der Waals surface area contributed by atoms with Crippen molar-refractivity contribution in [2.75, 3.05) is 46.0 Å². The highest BCUT2D eigenvalue weighted by molar-refractivity contribution is 5.80. The summed E-state index contributed by atoms with van der Waals surface area (Å²) in [7, 11) is 0. The molecule has 0 aromatic heterocycles. The van der Waals surface area contributed by atoms with E-state index in [0.29, 0.717) is 32.3 Å². The van der Waals surface area contributed by atoms with E-state index in [1.165, 1.54) is 18.4 Å². The summed E-state index contributed by atoms with van der Waals surface area (Å²) in [4.78, 5) is 14.4. The molecule has 1 N–H and O–H groups in total. The van der Waals surface area contributed by atoms with E-state index in [9.17, 15) is 4.79 Å². The smallest absolute Gasteiger partial charge is 0.251 e. The van der Waals surface area contributed by atoms with E-state index in [1.807, 2.05) is 0 Å². The van der Waals surface area contributed by atoms with E-state index in [4.69, 9.17) is 9.47 Å². The molecular weight excluding hydrogens is 292 g/mol. The number of nitrogens with zero attached hydrogens (tertiary/aromatic N) is 1. The number of piperidine rings is 1. The molecule has 0 unspecified atom stereocenters. The zero-order valence-electron chi connectivity index (χ0n) is 13.6. The van der Waals surface area contributed by atoms with Crippen LogP contribution in [0.25, 0.3) is 0 Å². The Morgan fingerprint density at radius 3 is 2.65 bits per heavy atom. The van der Waals surface area contributed by atoms with Crippen LogP contribution in [0.15, 0.2) is 30.3 Å². The third-order valence-corrected chi connectivity index (χ3v) is 4.69. The van der Waals surface area contributed by atoms with Gasteiger partial charge in [-0.25, -0.2) is 0 Å². The molecule has 0 radical (unpaired) electrons. The fourth-order valence-electron chi connectivity index (χ4n) is 3.31. The van der Waals surface area contributed by atoms with E-state index in [0.717, 1.165) is 19.6 Å². The Balaban J connectivity index is 1.34. The number of likely N-dealkylation sites (tertiary alicyclic amines) is 1. The van der Waals surface area contributed by atoms with Crippen LogP contribution < -0.4 is 5.32 Å². The lowest BCUT2D eigenvalue weighted by molar-refractivity contribution is -0.147. The highest BCUT2D eigenvalue weighted by Crippen LogP contribution is 2.27. The van der Waals surface area contributed by atoms with E-state index >= 15 is 0 Å². The standard InChI is InChI=1S/C18H26N2O3/c21-18(17-14-22-12-13-23-17)19-8-11-20-9-6-16(7-10-20)15-4-2-1-3-5-15/h1-5,16-17H,6-14H2,(H,19,21)/t17-/m0/s1. The van der Waals surface area contributed by atoms with Gasteiger partial charge >= 0.3 is 0 Å². The van der Waals surface area contributed by atoms with E-state index < -0.39 is 6.10 Å². The molecule has 1 aromatic carbocycles. The Labute approximate surface area is 137 Å². The third-order valence-electron chi connectivity index (χ3n) is 4.69. The molecule has 2 fully saturated rings. The van der Waals surface area contributed by atoms with E-state index in [-0.39, 0.29) is 5.91 Å². The first-order valence-corrected chi connectivity index (χ1v) is 8.57. The van der Waals surface area contributed by atoms with Gasteiger partial charge < -0.3 is 19.7 Å². The summed E-state index contributed by atoms with van der Waals surface area (Å²) < 4.78 is 10.7. The quantitative estimate of drug-likeness (QED) is 0.891. The molecule has 5 nitrogen and oxygen atoms in total. The number of carbonyl (C=O) groups is 1. The molecule has 1 amide bonds. The van der Waals surface area contributed by atoms with Crippen LogP contribution in [0, 0.1) is 0 Å². The topological polar surface area (TPSA) is 50.8 Å². The van der Waals surface area contributed by atoms with Crippen LogP contribution in [-0.4, -0.2) is 62.9 Å². The van der Waals surface area contributed by atoms with Crippen molar-refractivity contribution < 1.29 is 14.3 Å². The van der Waals surface area contributed by atoms with Crippen LogP contribution in [0.4, 0.5) is 0 Å². The number of carbonyl (C=O) groups excluding carboxylic acids is 1. The summed E-state index contributed by atoms with van der Waals surface area (Å²) in [5.74, 6) is 0.624. The van der Waals surface area contributed by atoms with Gasteiger partial charge in [0.1, 0.15) is 0 Å². The largest absolute Gasteiger partial charge is 0.376 e. The Morgan fingerprint density at radius 2 is 1.96 bits per heavy atom. The Kier molecular flexibility index (Phi) is 6.02. The lowest BCUT2D eigenvalue weighted by Gasteiger charge is -2.32. The minimum absolute atomic E-state index is 0.0520. The molecule has 0 spiro atoms. The van der Waals surface area contributed by atoms with E-state index in [2.05, 4.69) is 40.5 Å². The summed E-state index contributed by atoms with van der Waals surface area (Å²) >= 11 is 0. The number of hydrogen-bond donors (Lipinski definition) is 1. The van der Waals surface area contributed by atoms with Crippen LogP contribution in [0.5, 0.6) is 0 Å². The van der Waals surface area contributed by atoms with Gasteiger partial charge in [-0.2, -0.15) is 0 Å². The zero-order chi connectivity index (χ0) is 15.9. The minimum atomic E-state index is -0.437. The predicted molar refractivity (Wildman–Crippen MR) is 88.4 cm³/mol. The Bertz CT molecular complexity index is 480. The summed E-state index contributed by atoms with van der Waals surface area (Å²) in [6.45, 7) is 5.23. The lowest BCUT2D eigenvalue weighted by atomic mass is 9.89. The fraction of sp³-hybridized carbons (Fsp3) is 0.611. The van der Waals surface area contributed by atoms with Gasteiger partial charge in [-0.05, 0) is 37.4 Å². The molecular formula is C18H26N2O3. The number of amides is 1. The molecule has 2 saturated heterocycles. The van der Waals surface area contributed by atoms with Crippen LogP contribution in [0.2, 0.25) is 0 Å². The van der Waals surface area contributed by atoms with Gasteiger partial charge in [0.05, 0.1) is 19.8 Å². The summed E-state index contributed by atoms with van der Waals surface area (Å²) in [5, 5.41) is 2.96. The number of rotatable bonds is 5. The summed E-state index contributed by atoms with van der Waals surface area (Å²) in [6, 6.07) is 10.8. The third kappa shape index (κ3) is 4.77. The maximum atomic E-state index is 11.9. The maximum absolute atomic E-state index is 11.9. The molecule has 3 rings (SSSR count). The maximum Gasteiger partial charge on any atom is 0.251 e. The van der Waals surface area contributed by atoms with Crippen molar-refractivity contribution in [1.82, 2.24) is 10.2 Å². The Morgan fingerprint density at radius 1 is 1.17 bits per heavy atom. The highest BCUT2D eigenvalue weighted by atomic mass is 16.6. The van der Waals surface area contributed by atoms with Crippen molar-refractivity contribution in [3.05, 3.63) is 35.9 Å². The van der Waals surface area contributed by atoms with Gasteiger partial charge in [0.2, 0.25) is 0 Å². The molecule has 2 aliphatic heterocycles. The second-order valence-corrected chi connectivity index (χ2v) is 6.25. The van der Waals surface area contributed by atoms with Crippen molar-refractivity contribution in [2.45, 2.75) is 24.9 Å². The number of benzene rings is 1. The van der Waals surface area contributed by atoms with Crippen LogP contribution in [0.1, 0.15) is 24.3 Å². The first kappa shape index (κ1) is 16.4. The van der Waals surface area contributed by atoms with Gasteiger partial charge in [-0.15, -0.1) is 0 Å². The van der Waals surface area contributed by atoms with Crippen molar-refractivity contribution in [2.24, 2.45) is 0 Å². The Hall–Kier alpha value is -1.43. The van der Waals surface area contributed by atoms with Gasteiger partial charge in [0.15, 0.2) is 6.10 Å². The molecule has 0 bridgehead atoms. The molecule has 0 aliphatic carbocycles. The second-order valence-electron chi connectivity index (χ2n) is 6.25. The van der Waals surface area contributed by atoms with Crippen LogP contribution in [0.3, 0.4) is 0 Å². The first-order valence-electron chi connectivity index (χ1n) is 8.57. The van der Waals surface area contributed by atoms with Crippen molar-refractivity contribution in [3.63, 3.8) is 0 Å². The van der Waals surface area contributed by atoms with Gasteiger partial charge in [0, 0.05) is 13.1 Å². The van der Waals surface area contributed by atoms with Crippen molar-refractivity contribution in [1.29, 1.82) is 0 Å².